The molecule has 1 aromatic rings. The zero-order chi connectivity index (χ0) is 17.2. The molecule has 0 aliphatic carbocycles. The minimum atomic E-state index is -3.23. The molecule has 0 aromatic heterocycles. The first kappa shape index (κ1) is 17.2. The van der Waals surface area contributed by atoms with Gasteiger partial charge in [0.2, 0.25) is 15.9 Å². The smallest absolute Gasteiger partial charge is 0.318 e. The summed E-state index contributed by atoms with van der Waals surface area (Å²) in [6, 6.07) is 3.94. The fourth-order valence-electron chi connectivity index (χ4n) is 2.53. The van der Waals surface area contributed by atoms with Gasteiger partial charge in [0.15, 0.2) is 0 Å². The van der Waals surface area contributed by atoms with Gasteiger partial charge in [-0.2, -0.15) is 4.31 Å². The summed E-state index contributed by atoms with van der Waals surface area (Å²) in [5.41, 5.74) is 7.56. The van der Waals surface area contributed by atoms with Gasteiger partial charge in [-0.25, -0.2) is 13.2 Å². The van der Waals surface area contributed by atoms with Crippen LogP contribution in [0, 0.1) is 0 Å². The number of nitrogens with one attached hydrogen (secondary N) is 2. The second-order valence-corrected chi connectivity index (χ2v) is 7.49. The first-order chi connectivity index (χ1) is 10.7. The summed E-state index contributed by atoms with van der Waals surface area (Å²) in [4.78, 5) is 22.5. The number of hydrogen-bond donors (Lipinski definition) is 3. The van der Waals surface area contributed by atoms with Crippen LogP contribution in [0.3, 0.4) is 0 Å². The van der Waals surface area contributed by atoms with E-state index in [1.165, 1.54) is 10.6 Å². The second-order valence-electron chi connectivity index (χ2n) is 5.51. The Bertz CT molecular complexity index is 732. The molecule has 23 heavy (non-hydrogen) atoms. The maximum atomic E-state index is 11.7. The summed E-state index contributed by atoms with van der Waals surface area (Å²) in [5, 5.41) is 5.06. The topological polar surface area (TPSA) is 122 Å². The minimum absolute atomic E-state index is 0.311. The number of rotatable bonds is 4. The summed E-state index contributed by atoms with van der Waals surface area (Å²) in [5.74, 6) is -0.524. The van der Waals surface area contributed by atoms with Gasteiger partial charge in [0.25, 0.3) is 0 Å². The van der Waals surface area contributed by atoms with Crippen molar-refractivity contribution in [3.63, 3.8) is 0 Å². The minimum Gasteiger partial charge on any atom is -0.374 e. The highest BCUT2D eigenvalue weighted by atomic mass is 32.2. The predicted octanol–water partition coefficient (Wildman–Crippen LogP) is -0.000400. The Balaban J connectivity index is 2.17. The number of benzene rings is 1. The lowest BCUT2D eigenvalue weighted by Gasteiger charge is -2.29. The molecule has 9 heteroatoms. The van der Waals surface area contributed by atoms with Gasteiger partial charge in [0, 0.05) is 18.8 Å². The van der Waals surface area contributed by atoms with Crippen LogP contribution in [0.1, 0.15) is 18.1 Å². The van der Waals surface area contributed by atoms with E-state index in [2.05, 4.69) is 5.32 Å². The molecule has 4 N–H and O–H groups in total. The molecule has 1 heterocycles. The van der Waals surface area contributed by atoms with Crippen molar-refractivity contribution in [2.24, 2.45) is 5.73 Å². The SMILES string of the molecule is C[C@H](Nc1cccc2c1CCN(S(C)(=O)=O)C2)C(=O)NC(N)=O. The van der Waals surface area contributed by atoms with Gasteiger partial charge in [-0.1, -0.05) is 12.1 Å². The maximum absolute atomic E-state index is 11.7. The van der Waals surface area contributed by atoms with Crippen LogP contribution in [0.5, 0.6) is 0 Å². The van der Waals surface area contributed by atoms with E-state index in [9.17, 15) is 18.0 Å². The Kier molecular flexibility index (Phi) is 4.90. The molecule has 0 spiro atoms. The van der Waals surface area contributed by atoms with E-state index in [-0.39, 0.29) is 0 Å². The molecular formula is C14H20N4O4S. The lowest BCUT2D eigenvalue weighted by Crippen LogP contribution is -2.43. The quantitative estimate of drug-likeness (QED) is 0.712. The number of nitrogens with zero attached hydrogens (tertiary/aromatic N) is 1. The molecule has 0 saturated heterocycles. The summed E-state index contributed by atoms with van der Waals surface area (Å²) >= 11 is 0. The Labute approximate surface area is 135 Å². The van der Waals surface area contributed by atoms with Crippen LogP contribution in [-0.2, 0) is 27.8 Å². The molecule has 0 saturated carbocycles. The summed E-state index contributed by atoms with van der Waals surface area (Å²) < 4.78 is 24.7. The van der Waals surface area contributed by atoms with Crippen LogP contribution in [0.2, 0.25) is 0 Å². The van der Waals surface area contributed by atoms with Gasteiger partial charge < -0.3 is 11.1 Å². The van der Waals surface area contributed by atoms with Crippen LogP contribution in [-0.4, -0.2) is 43.5 Å². The van der Waals surface area contributed by atoms with E-state index in [1.54, 1.807) is 13.0 Å². The number of amides is 3. The summed E-state index contributed by atoms with van der Waals surface area (Å²) in [6.45, 7) is 2.32. The number of anilines is 1. The maximum Gasteiger partial charge on any atom is 0.318 e. The first-order valence-corrected chi connectivity index (χ1v) is 8.96. The first-order valence-electron chi connectivity index (χ1n) is 7.11. The molecule has 3 amide bonds. The average molecular weight is 340 g/mol. The van der Waals surface area contributed by atoms with Gasteiger partial charge in [-0.3, -0.25) is 10.1 Å². The van der Waals surface area contributed by atoms with Crippen LogP contribution < -0.4 is 16.4 Å². The van der Waals surface area contributed by atoms with Crippen molar-refractivity contribution < 1.29 is 18.0 Å². The molecule has 8 nitrogen and oxygen atoms in total. The second kappa shape index (κ2) is 6.55. The molecule has 1 atom stereocenters. The lowest BCUT2D eigenvalue weighted by atomic mass is 9.98. The van der Waals surface area contributed by atoms with Crippen molar-refractivity contribution >= 4 is 27.6 Å². The number of urea groups is 1. The van der Waals surface area contributed by atoms with Gasteiger partial charge >= 0.3 is 6.03 Å². The van der Waals surface area contributed by atoms with Gasteiger partial charge in [-0.05, 0) is 30.5 Å². The number of carbonyl (C=O) groups excluding carboxylic acids is 2. The van der Waals surface area contributed by atoms with Crippen LogP contribution in [0.4, 0.5) is 10.5 Å². The number of sulfonamides is 1. The number of fused-ring (bicyclic) bond motifs is 1. The summed E-state index contributed by atoms with van der Waals surface area (Å²) in [7, 11) is -3.23. The van der Waals surface area contributed by atoms with E-state index in [0.717, 1.165) is 16.8 Å². The predicted molar refractivity (Wildman–Crippen MR) is 86.2 cm³/mol. The molecule has 0 radical (unpaired) electrons. The lowest BCUT2D eigenvalue weighted by molar-refractivity contribution is -0.120. The zero-order valence-electron chi connectivity index (χ0n) is 13.0. The molecule has 1 aliphatic heterocycles. The highest BCUT2D eigenvalue weighted by Crippen LogP contribution is 2.27. The number of imide groups is 1. The fraction of sp³-hybridized carbons (Fsp3) is 0.429. The molecule has 126 valence electrons. The molecule has 0 fully saturated rings. The number of carbonyl (C=O) groups is 2. The highest BCUT2D eigenvalue weighted by molar-refractivity contribution is 7.88. The molecule has 1 aromatic carbocycles. The van der Waals surface area contributed by atoms with Crippen molar-refractivity contribution in [1.82, 2.24) is 9.62 Å². The van der Waals surface area contributed by atoms with Crippen molar-refractivity contribution in [3.05, 3.63) is 29.3 Å². The highest BCUT2D eigenvalue weighted by Gasteiger charge is 2.25. The van der Waals surface area contributed by atoms with E-state index < -0.39 is 28.0 Å². The van der Waals surface area contributed by atoms with Crippen LogP contribution >= 0.6 is 0 Å². The van der Waals surface area contributed by atoms with E-state index in [4.69, 9.17) is 5.73 Å². The van der Waals surface area contributed by atoms with E-state index in [1.807, 2.05) is 17.4 Å². The third kappa shape index (κ3) is 4.20. The largest absolute Gasteiger partial charge is 0.374 e. The normalized spacial score (nSPS) is 16.3. The fourth-order valence-corrected chi connectivity index (χ4v) is 3.33. The van der Waals surface area contributed by atoms with Gasteiger partial charge in [0.05, 0.1) is 6.26 Å². The van der Waals surface area contributed by atoms with Crippen molar-refractivity contribution in [1.29, 1.82) is 0 Å². The van der Waals surface area contributed by atoms with Crippen molar-refractivity contribution in [2.75, 3.05) is 18.1 Å². The zero-order valence-corrected chi connectivity index (χ0v) is 13.8. The Morgan fingerprint density at radius 3 is 2.65 bits per heavy atom. The number of primary amides is 1. The standard InChI is InChI=1S/C14H20N4O4S/c1-9(13(19)17-14(15)20)16-12-5-3-4-10-8-18(23(2,21)22)7-6-11(10)12/h3-5,9,16H,6-8H2,1-2H3,(H3,15,17,19,20)/t9-/m0/s1. The van der Waals surface area contributed by atoms with Gasteiger partial charge in [0.1, 0.15) is 6.04 Å². The Hall–Kier alpha value is -2.13. The molecule has 2 rings (SSSR count). The third-order valence-corrected chi connectivity index (χ3v) is 4.96. The van der Waals surface area contributed by atoms with Crippen LogP contribution in [0.25, 0.3) is 0 Å². The average Bonchev–Trinajstić information content (AvgIpc) is 2.45. The van der Waals surface area contributed by atoms with Crippen molar-refractivity contribution in [2.45, 2.75) is 25.9 Å². The van der Waals surface area contributed by atoms with E-state index >= 15 is 0 Å². The number of nitrogens with two attached hydrogens (primary N) is 1. The van der Waals surface area contributed by atoms with E-state index in [0.29, 0.717) is 19.5 Å². The van der Waals surface area contributed by atoms with Gasteiger partial charge in [-0.15, -0.1) is 0 Å². The number of hydrogen-bond acceptors (Lipinski definition) is 5. The molecule has 0 bridgehead atoms. The Morgan fingerprint density at radius 1 is 1.35 bits per heavy atom. The molecule has 0 unspecified atom stereocenters. The van der Waals surface area contributed by atoms with Crippen LogP contribution in [0.15, 0.2) is 18.2 Å². The molecular weight excluding hydrogens is 320 g/mol. The monoisotopic (exact) mass is 340 g/mol. The third-order valence-electron chi connectivity index (χ3n) is 3.71. The summed E-state index contributed by atoms with van der Waals surface area (Å²) in [6.07, 6.45) is 1.74. The molecule has 1 aliphatic rings. The van der Waals surface area contributed by atoms with Crippen molar-refractivity contribution in [3.8, 4) is 0 Å². The Morgan fingerprint density at radius 2 is 2.04 bits per heavy atom.